The van der Waals surface area contributed by atoms with Crippen LogP contribution in [0.2, 0.25) is 0 Å². The van der Waals surface area contributed by atoms with E-state index in [-0.39, 0.29) is 17.9 Å². The Hall–Kier alpha value is -2.63. The lowest BCUT2D eigenvalue weighted by atomic mass is 10.1. The minimum atomic E-state index is -0.205. The number of amides is 2. The minimum Gasteiger partial charge on any atom is -0.347 e. The first-order chi connectivity index (χ1) is 12.5. The van der Waals surface area contributed by atoms with E-state index in [2.05, 4.69) is 10.3 Å². The first-order valence-corrected chi connectivity index (χ1v) is 9.26. The Morgan fingerprint density at radius 1 is 1.27 bits per heavy atom. The summed E-state index contributed by atoms with van der Waals surface area (Å²) < 4.78 is 1.92. The first kappa shape index (κ1) is 18.2. The monoisotopic (exact) mass is 354 g/mol. The molecule has 1 N–H and O–H groups in total. The molecule has 26 heavy (non-hydrogen) atoms. The second-order valence-electron chi connectivity index (χ2n) is 6.82. The fourth-order valence-corrected chi connectivity index (χ4v) is 3.21. The van der Waals surface area contributed by atoms with Crippen molar-refractivity contribution in [3.8, 4) is 0 Å². The largest absolute Gasteiger partial charge is 0.347 e. The maximum absolute atomic E-state index is 13.0. The van der Waals surface area contributed by atoms with Gasteiger partial charge in [-0.1, -0.05) is 25.1 Å². The van der Waals surface area contributed by atoms with Crippen LogP contribution in [-0.4, -0.2) is 34.5 Å². The van der Waals surface area contributed by atoms with Crippen LogP contribution < -0.4 is 10.2 Å². The zero-order valence-electron chi connectivity index (χ0n) is 15.7. The molecule has 6 nitrogen and oxygen atoms in total. The molecule has 0 saturated heterocycles. The summed E-state index contributed by atoms with van der Waals surface area (Å²) in [4.78, 5) is 31.8. The Balaban J connectivity index is 1.95. The van der Waals surface area contributed by atoms with E-state index in [1.165, 1.54) is 0 Å². The molecule has 2 heterocycles. The van der Waals surface area contributed by atoms with Crippen molar-refractivity contribution in [3.05, 3.63) is 47.5 Å². The van der Waals surface area contributed by atoms with Crippen LogP contribution in [0.5, 0.6) is 0 Å². The second kappa shape index (κ2) is 7.72. The van der Waals surface area contributed by atoms with E-state index in [1.807, 2.05) is 48.7 Å². The van der Waals surface area contributed by atoms with Gasteiger partial charge in [0.2, 0.25) is 0 Å². The normalized spacial score (nSPS) is 14.4. The summed E-state index contributed by atoms with van der Waals surface area (Å²) in [5, 5.41) is 2.96. The number of carbonyl (C=O) groups excluding carboxylic acids is 2. The number of nitrogens with zero attached hydrogens (tertiary/aromatic N) is 3. The van der Waals surface area contributed by atoms with E-state index in [1.54, 1.807) is 11.9 Å². The van der Waals surface area contributed by atoms with Crippen molar-refractivity contribution in [1.82, 2.24) is 14.9 Å². The zero-order chi connectivity index (χ0) is 18.7. The molecule has 6 heteroatoms. The predicted molar refractivity (Wildman–Crippen MR) is 102 cm³/mol. The van der Waals surface area contributed by atoms with Crippen LogP contribution in [0, 0.1) is 0 Å². The summed E-state index contributed by atoms with van der Waals surface area (Å²) >= 11 is 0. The molecule has 3 rings (SSSR count). The van der Waals surface area contributed by atoms with Gasteiger partial charge in [-0.2, -0.15) is 0 Å². The van der Waals surface area contributed by atoms with E-state index in [0.717, 1.165) is 43.6 Å². The van der Waals surface area contributed by atoms with Gasteiger partial charge in [0.15, 0.2) is 11.5 Å². The lowest BCUT2D eigenvalue weighted by Crippen LogP contribution is -2.34. The van der Waals surface area contributed by atoms with Gasteiger partial charge in [0.1, 0.15) is 0 Å². The van der Waals surface area contributed by atoms with Gasteiger partial charge in [-0.3, -0.25) is 9.59 Å². The van der Waals surface area contributed by atoms with Crippen LogP contribution in [0.3, 0.4) is 0 Å². The number of carbonyl (C=O) groups is 2. The summed E-state index contributed by atoms with van der Waals surface area (Å²) in [5.41, 5.74) is 2.07. The molecule has 1 atom stereocenters. The molecule has 1 aromatic heterocycles. The molecular formula is C20H26N4O2. The molecule has 0 bridgehead atoms. The van der Waals surface area contributed by atoms with Gasteiger partial charge >= 0.3 is 0 Å². The van der Waals surface area contributed by atoms with Crippen LogP contribution in [0.15, 0.2) is 30.3 Å². The minimum absolute atomic E-state index is 0.0742. The van der Waals surface area contributed by atoms with Crippen molar-refractivity contribution in [3.63, 3.8) is 0 Å². The van der Waals surface area contributed by atoms with Crippen molar-refractivity contribution in [2.75, 3.05) is 11.9 Å². The predicted octanol–water partition coefficient (Wildman–Crippen LogP) is 3.02. The van der Waals surface area contributed by atoms with E-state index in [0.29, 0.717) is 11.5 Å². The SMILES string of the molecule is CCC(C)NC(=O)c1nc(C(=O)N(C)c2ccccc2)c2n1CCCC2. The third-order valence-electron chi connectivity index (χ3n) is 4.96. The Kier molecular flexibility index (Phi) is 5.40. The molecule has 138 valence electrons. The van der Waals surface area contributed by atoms with Gasteiger partial charge in [0.05, 0.1) is 5.69 Å². The highest BCUT2D eigenvalue weighted by Crippen LogP contribution is 2.24. The number of anilines is 1. The first-order valence-electron chi connectivity index (χ1n) is 9.26. The zero-order valence-corrected chi connectivity index (χ0v) is 15.7. The number of nitrogens with one attached hydrogen (secondary N) is 1. The molecule has 0 radical (unpaired) electrons. The van der Waals surface area contributed by atoms with Gasteiger partial charge < -0.3 is 14.8 Å². The molecule has 0 fully saturated rings. The summed E-state index contributed by atoms with van der Waals surface area (Å²) in [7, 11) is 1.74. The van der Waals surface area contributed by atoms with Gasteiger partial charge in [-0.05, 0) is 44.7 Å². The summed E-state index contributed by atoms with van der Waals surface area (Å²) in [6.45, 7) is 4.72. The summed E-state index contributed by atoms with van der Waals surface area (Å²) in [6, 6.07) is 9.55. The molecule has 2 aromatic rings. The third-order valence-corrected chi connectivity index (χ3v) is 4.96. The summed E-state index contributed by atoms with van der Waals surface area (Å²) in [5.74, 6) is -0.0295. The van der Waals surface area contributed by atoms with E-state index < -0.39 is 0 Å². The number of hydrogen-bond acceptors (Lipinski definition) is 3. The Bertz CT molecular complexity index is 798. The second-order valence-corrected chi connectivity index (χ2v) is 6.82. The highest BCUT2D eigenvalue weighted by molar-refractivity contribution is 6.06. The Morgan fingerprint density at radius 3 is 2.69 bits per heavy atom. The molecule has 1 aromatic carbocycles. The molecule has 1 unspecified atom stereocenters. The lowest BCUT2D eigenvalue weighted by Gasteiger charge is -2.19. The number of benzene rings is 1. The molecule has 2 amide bonds. The Labute approximate surface area is 154 Å². The fraction of sp³-hybridized carbons (Fsp3) is 0.450. The van der Waals surface area contributed by atoms with Gasteiger partial charge in [-0.25, -0.2) is 4.98 Å². The quantitative estimate of drug-likeness (QED) is 0.897. The van der Waals surface area contributed by atoms with E-state index in [4.69, 9.17) is 0 Å². The molecule has 0 spiro atoms. The van der Waals surface area contributed by atoms with Gasteiger partial charge in [0, 0.05) is 25.3 Å². The highest BCUT2D eigenvalue weighted by atomic mass is 16.2. The van der Waals surface area contributed by atoms with Gasteiger partial charge in [-0.15, -0.1) is 0 Å². The maximum atomic E-state index is 13.0. The van der Waals surface area contributed by atoms with Crippen molar-refractivity contribution in [1.29, 1.82) is 0 Å². The van der Waals surface area contributed by atoms with Crippen LogP contribution >= 0.6 is 0 Å². The smallest absolute Gasteiger partial charge is 0.287 e. The van der Waals surface area contributed by atoms with E-state index in [9.17, 15) is 9.59 Å². The molecular weight excluding hydrogens is 328 g/mol. The number of imidazole rings is 1. The molecule has 0 saturated carbocycles. The standard InChI is InChI=1S/C20H26N4O2/c1-4-14(2)21-19(25)18-22-17(16-12-8-9-13-24(16)18)20(26)23(3)15-10-6-5-7-11-15/h5-7,10-11,14H,4,8-9,12-13H2,1-3H3,(H,21,25). The third kappa shape index (κ3) is 3.49. The lowest BCUT2D eigenvalue weighted by molar-refractivity contribution is 0.0923. The van der Waals surface area contributed by atoms with Crippen LogP contribution in [0.1, 0.15) is 59.9 Å². The number of aromatic nitrogens is 2. The van der Waals surface area contributed by atoms with Crippen molar-refractivity contribution in [2.45, 2.75) is 52.1 Å². The average molecular weight is 354 g/mol. The van der Waals surface area contributed by atoms with Crippen LogP contribution in [0.25, 0.3) is 0 Å². The van der Waals surface area contributed by atoms with Crippen LogP contribution in [-0.2, 0) is 13.0 Å². The maximum Gasteiger partial charge on any atom is 0.287 e. The van der Waals surface area contributed by atoms with Crippen molar-refractivity contribution in [2.24, 2.45) is 0 Å². The van der Waals surface area contributed by atoms with Crippen LogP contribution in [0.4, 0.5) is 5.69 Å². The topological polar surface area (TPSA) is 67.2 Å². The number of fused-ring (bicyclic) bond motifs is 1. The molecule has 1 aliphatic rings. The van der Waals surface area contributed by atoms with E-state index >= 15 is 0 Å². The molecule has 1 aliphatic heterocycles. The van der Waals surface area contributed by atoms with Gasteiger partial charge in [0.25, 0.3) is 11.8 Å². The number of rotatable bonds is 5. The summed E-state index contributed by atoms with van der Waals surface area (Å²) in [6.07, 6.45) is 3.62. The Morgan fingerprint density at radius 2 is 2.00 bits per heavy atom. The van der Waals surface area contributed by atoms with Crippen molar-refractivity contribution < 1.29 is 9.59 Å². The fourth-order valence-electron chi connectivity index (χ4n) is 3.21. The molecule has 0 aliphatic carbocycles. The average Bonchev–Trinajstić information content (AvgIpc) is 3.07. The number of para-hydroxylation sites is 1. The highest BCUT2D eigenvalue weighted by Gasteiger charge is 2.29. The number of hydrogen-bond donors (Lipinski definition) is 1. The van der Waals surface area contributed by atoms with Crippen molar-refractivity contribution >= 4 is 17.5 Å².